The molecule has 78 valence electrons. The summed E-state index contributed by atoms with van der Waals surface area (Å²) < 4.78 is 2.40. The van der Waals surface area contributed by atoms with Gasteiger partial charge in [0, 0.05) is 30.0 Å². The Hall–Kier alpha value is -0.760. The molecule has 2 unspecified atom stereocenters. The van der Waals surface area contributed by atoms with E-state index in [2.05, 4.69) is 30.5 Å². The number of rotatable bonds is 2. The minimum atomic E-state index is 0.335. The molecule has 1 N–H and O–H groups in total. The molecule has 1 heterocycles. The first-order valence-corrected chi connectivity index (χ1v) is 5.49. The number of aromatic nitrogens is 1. The Morgan fingerprint density at radius 3 is 2.50 bits per heavy atom. The lowest BCUT2D eigenvalue weighted by atomic mass is 10.0. The standard InChI is InChI=1S/C12H19NO/c1-9-6-7-10(2)13(9)12-5-3-4-11(12)8-14/h6-7,11-12,14H,3-5,8H2,1-2H3. The van der Waals surface area contributed by atoms with E-state index >= 15 is 0 Å². The normalized spacial score (nSPS) is 27.1. The summed E-state index contributed by atoms with van der Waals surface area (Å²) in [6, 6.07) is 4.87. The summed E-state index contributed by atoms with van der Waals surface area (Å²) in [6.45, 7) is 4.64. The number of aliphatic hydroxyl groups is 1. The van der Waals surface area contributed by atoms with E-state index in [1.54, 1.807) is 0 Å². The molecular formula is C12H19NO. The van der Waals surface area contributed by atoms with Crippen molar-refractivity contribution in [3.8, 4) is 0 Å². The van der Waals surface area contributed by atoms with Crippen molar-refractivity contribution in [1.82, 2.24) is 4.57 Å². The fourth-order valence-corrected chi connectivity index (χ4v) is 2.77. The smallest absolute Gasteiger partial charge is 0.0479 e. The van der Waals surface area contributed by atoms with Crippen LogP contribution in [0, 0.1) is 19.8 Å². The lowest BCUT2D eigenvalue weighted by molar-refractivity contribution is 0.194. The maximum Gasteiger partial charge on any atom is 0.0479 e. The SMILES string of the molecule is Cc1ccc(C)n1C1CCCC1CO. The minimum absolute atomic E-state index is 0.335. The Kier molecular flexibility index (Phi) is 2.64. The molecule has 1 saturated carbocycles. The highest BCUT2D eigenvalue weighted by molar-refractivity contribution is 5.15. The molecule has 0 radical (unpaired) electrons. The van der Waals surface area contributed by atoms with Crippen molar-refractivity contribution in [2.45, 2.75) is 39.2 Å². The molecule has 2 heteroatoms. The Morgan fingerprint density at radius 2 is 1.93 bits per heavy atom. The number of hydrogen-bond acceptors (Lipinski definition) is 1. The zero-order chi connectivity index (χ0) is 10.1. The zero-order valence-corrected chi connectivity index (χ0v) is 9.03. The third-order valence-corrected chi connectivity index (χ3v) is 3.51. The summed E-state index contributed by atoms with van der Waals surface area (Å²) in [7, 11) is 0. The van der Waals surface area contributed by atoms with Crippen LogP contribution in [0.4, 0.5) is 0 Å². The summed E-state index contributed by atoms with van der Waals surface area (Å²) in [5, 5.41) is 9.30. The first kappa shape index (κ1) is 9.78. The molecule has 2 atom stereocenters. The van der Waals surface area contributed by atoms with Crippen molar-refractivity contribution < 1.29 is 5.11 Å². The zero-order valence-electron chi connectivity index (χ0n) is 9.03. The van der Waals surface area contributed by atoms with Crippen LogP contribution in [-0.4, -0.2) is 16.3 Å². The lowest BCUT2D eigenvalue weighted by Crippen LogP contribution is -2.18. The van der Waals surface area contributed by atoms with Gasteiger partial charge in [-0.2, -0.15) is 0 Å². The van der Waals surface area contributed by atoms with Gasteiger partial charge in [0.25, 0.3) is 0 Å². The summed E-state index contributed by atoms with van der Waals surface area (Å²) in [4.78, 5) is 0. The van der Waals surface area contributed by atoms with Crippen LogP contribution in [0.25, 0.3) is 0 Å². The van der Waals surface area contributed by atoms with Gasteiger partial charge in [-0.3, -0.25) is 0 Å². The summed E-state index contributed by atoms with van der Waals surface area (Å²) in [5.74, 6) is 0.472. The predicted molar refractivity (Wildman–Crippen MR) is 57.4 cm³/mol. The van der Waals surface area contributed by atoms with E-state index in [4.69, 9.17) is 0 Å². The predicted octanol–water partition coefficient (Wildman–Crippen LogP) is 2.44. The van der Waals surface area contributed by atoms with Crippen LogP contribution in [-0.2, 0) is 0 Å². The average molecular weight is 193 g/mol. The van der Waals surface area contributed by atoms with E-state index in [1.807, 2.05) is 0 Å². The van der Waals surface area contributed by atoms with E-state index in [0.717, 1.165) is 0 Å². The highest BCUT2D eigenvalue weighted by Crippen LogP contribution is 2.37. The third kappa shape index (κ3) is 1.48. The highest BCUT2D eigenvalue weighted by atomic mass is 16.3. The van der Waals surface area contributed by atoms with Crippen molar-refractivity contribution in [3.05, 3.63) is 23.5 Å². The van der Waals surface area contributed by atoms with Crippen LogP contribution in [0.2, 0.25) is 0 Å². The average Bonchev–Trinajstić information content (AvgIpc) is 2.73. The maximum atomic E-state index is 9.30. The molecule has 1 aliphatic carbocycles. The maximum absolute atomic E-state index is 9.30. The van der Waals surface area contributed by atoms with Crippen LogP contribution in [0.3, 0.4) is 0 Å². The van der Waals surface area contributed by atoms with Gasteiger partial charge in [-0.1, -0.05) is 6.42 Å². The van der Waals surface area contributed by atoms with Gasteiger partial charge in [-0.05, 0) is 38.8 Å². The van der Waals surface area contributed by atoms with E-state index in [-0.39, 0.29) is 0 Å². The van der Waals surface area contributed by atoms with E-state index < -0.39 is 0 Å². The molecular weight excluding hydrogens is 174 g/mol. The number of nitrogens with zero attached hydrogens (tertiary/aromatic N) is 1. The van der Waals surface area contributed by atoms with Gasteiger partial charge >= 0.3 is 0 Å². The van der Waals surface area contributed by atoms with Gasteiger partial charge in [0.2, 0.25) is 0 Å². The van der Waals surface area contributed by atoms with Crippen LogP contribution in [0.1, 0.15) is 36.7 Å². The topological polar surface area (TPSA) is 25.2 Å². The largest absolute Gasteiger partial charge is 0.396 e. The second-order valence-electron chi connectivity index (χ2n) is 4.43. The molecule has 14 heavy (non-hydrogen) atoms. The van der Waals surface area contributed by atoms with Crippen molar-refractivity contribution in [1.29, 1.82) is 0 Å². The Morgan fingerprint density at radius 1 is 1.29 bits per heavy atom. The Labute approximate surface area is 85.6 Å². The monoisotopic (exact) mass is 193 g/mol. The summed E-state index contributed by atoms with van der Waals surface area (Å²) in [6.07, 6.45) is 3.66. The van der Waals surface area contributed by atoms with Crippen molar-refractivity contribution >= 4 is 0 Å². The molecule has 1 aromatic heterocycles. The second kappa shape index (κ2) is 3.77. The summed E-state index contributed by atoms with van der Waals surface area (Å²) >= 11 is 0. The Bertz CT molecular complexity index is 297. The van der Waals surface area contributed by atoms with E-state index in [9.17, 15) is 5.11 Å². The number of aryl methyl sites for hydroxylation is 2. The molecule has 1 fully saturated rings. The van der Waals surface area contributed by atoms with Gasteiger partial charge in [0.15, 0.2) is 0 Å². The quantitative estimate of drug-likeness (QED) is 0.766. The second-order valence-corrected chi connectivity index (χ2v) is 4.43. The molecule has 0 bridgehead atoms. The van der Waals surface area contributed by atoms with Crippen molar-refractivity contribution in [2.24, 2.45) is 5.92 Å². The fraction of sp³-hybridized carbons (Fsp3) is 0.667. The molecule has 0 aromatic carbocycles. The molecule has 2 nitrogen and oxygen atoms in total. The van der Waals surface area contributed by atoms with E-state index in [0.29, 0.717) is 18.6 Å². The molecule has 0 saturated heterocycles. The van der Waals surface area contributed by atoms with Gasteiger partial charge in [-0.25, -0.2) is 0 Å². The van der Waals surface area contributed by atoms with Crippen LogP contribution >= 0.6 is 0 Å². The van der Waals surface area contributed by atoms with Crippen LogP contribution in [0.15, 0.2) is 12.1 Å². The molecule has 0 aliphatic heterocycles. The van der Waals surface area contributed by atoms with Crippen LogP contribution in [0.5, 0.6) is 0 Å². The lowest BCUT2D eigenvalue weighted by Gasteiger charge is -2.23. The van der Waals surface area contributed by atoms with Gasteiger partial charge in [0.1, 0.15) is 0 Å². The Balaban J connectivity index is 2.29. The van der Waals surface area contributed by atoms with E-state index in [1.165, 1.54) is 30.7 Å². The third-order valence-electron chi connectivity index (χ3n) is 3.51. The van der Waals surface area contributed by atoms with Gasteiger partial charge in [0.05, 0.1) is 0 Å². The van der Waals surface area contributed by atoms with Crippen LogP contribution < -0.4 is 0 Å². The molecule has 0 spiro atoms. The fourth-order valence-electron chi connectivity index (χ4n) is 2.77. The first-order chi connectivity index (χ1) is 6.74. The highest BCUT2D eigenvalue weighted by Gasteiger charge is 2.29. The molecule has 1 aliphatic rings. The van der Waals surface area contributed by atoms with Crippen molar-refractivity contribution in [2.75, 3.05) is 6.61 Å². The molecule has 2 rings (SSSR count). The van der Waals surface area contributed by atoms with Crippen molar-refractivity contribution in [3.63, 3.8) is 0 Å². The van der Waals surface area contributed by atoms with Gasteiger partial charge < -0.3 is 9.67 Å². The number of hydrogen-bond donors (Lipinski definition) is 1. The minimum Gasteiger partial charge on any atom is -0.396 e. The molecule has 1 aromatic rings. The number of aliphatic hydroxyl groups excluding tert-OH is 1. The first-order valence-electron chi connectivity index (χ1n) is 5.49. The van der Waals surface area contributed by atoms with Gasteiger partial charge in [-0.15, -0.1) is 0 Å². The molecule has 0 amide bonds. The summed E-state index contributed by atoms with van der Waals surface area (Å²) in [5.41, 5.74) is 2.65.